The van der Waals surface area contributed by atoms with E-state index in [1.165, 1.54) is 19.3 Å². The van der Waals surface area contributed by atoms with Gasteiger partial charge in [-0.15, -0.1) is 0 Å². The van der Waals surface area contributed by atoms with Crippen molar-refractivity contribution in [1.29, 1.82) is 0 Å². The maximum Gasteiger partial charge on any atom is 0.234 e. The molecule has 0 saturated heterocycles. The van der Waals surface area contributed by atoms with E-state index in [-0.39, 0.29) is 0 Å². The van der Waals surface area contributed by atoms with E-state index in [0.29, 0.717) is 12.0 Å². The second-order valence-corrected chi connectivity index (χ2v) is 3.11. The minimum absolute atomic E-state index is 0.386. The van der Waals surface area contributed by atoms with Crippen molar-refractivity contribution in [3.63, 3.8) is 0 Å². The van der Waals surface area contributed by atoms with Crippen molar-refractivity contribution in [3.8, 4) is 0 Å². The molecule has 0 aromatic carbocycles. The minimum Gasteiger partial charge on any atom is -0.211 e. The molecule has 0 radical (unpaired) electrons. The molecule has 0 unspecified atom stereocenters. The number of aliphatic imine (C=N–C) groups is 1. The molecule has 2 nitrogen and oxygen atoms in total. The molecule has 1 saturated carbocycles. The van der Waals surface area contributed by atoms with Crippen LogP contribution in [0.3, 0.4) is 0 Å². The van der Waals surface area contributed by atoms with Crippen LogP contribution in [-0.4, -0.2) is 12.6 Å². The Hall–Kier alpha value is -0.620. The van der Waals surface area contributed by atoms with Crippen molar-refractivity contribution in [1.82, 2.24) is 0 Å². The van der Waals surface area contributed by atoms with Crippen LogP contribution in [0.4, 0.5) is 0 Å². The van der Waals surface area contributed by atoms with Gasteiger partial charge in [0.1, 0.15) is 0 Å². The molecule has 0 aromatic rings. The molecular weight excluding hydrogens is 126 g/mol. The van der Waals surface area contributed by atoms with Gasteiger partial charge in [0.15, 0.2) is 0 Å². The van der Waals surface area contributed by atoms with Crippen LogP contribution in [0, 0.1) is 5.41 Å². The first-order valence-electron chi connectivity index (χ1n) is 3.87. The van der Waals surface area contributed by atoms with Gasteiger partial charge in [0.25, 0.3) is 0 Å². The zero-order valence-corrected chi connectivity index (χ0v) is 6.39. The fourth-order valence-electron chi connectivity index (χ4n) is 1.50. The lowest BCUT2D eigenvalue weighted by molar-refractivity contribution is 0.139. The first-order chi connectivity index (χ1) is 4.83. The van der Waals surface area contributed by atoms with Crippen LogP contribution in [0.25, 0.3) is 0 Å². The molecule has 1 rings (SSSR count). The first kappa shape index (κ1) is 7.49. The fraction of sp³-hybridized carbons (Fsp3) is 0.875. The molecule has 0 heterocycles. The zero-order valence-electron chi connectivity index (χ0n) is 6.39. The van der Waals surface area contributed by atoms with Crippen molar-refractivity contribution >= 4 is 6.08 Å². The molecule has 1 aliphatic rings. The lowest BCUT2D eigenvalue weighted by Crippen LogP contribution is -2.31. The number of nitrogens with zero attached hydrogens (tertiary/aromatic N) is 1. The number of hydrogen-bond acceptors (Lipinski definition) is 2. The normalized spacial score (nSPS) is 20.9. The SMILES string of the molecule is CCC1(CN=C=O)CCC1. The van der Waals surface area contributed by atoms with E-state index in [9.17, 15) is 4.79 Å². The summed E-state index contributed by atoms with van der Waals surface area (Å²) in [5.74, 6) is 0. The Morgan fingerprint density at radius 2 is 2.30 bits per heavy atom. The van der Waals surface area contributed by atoms with Crippen LogP contribution in [0.2, 0.25) is 0 Å². The zero-order chi connectivity index (χ0) is 7.45. The topological polar surface area (TPSA) is 29.4 Å². The van der Waals surface area contributed by atoms with Gasteiger partial charge < -0.3 is 0 Å². The molecule has 0 aromatic heterocycles. The van der Waals surface area contributed by atoms with Gasteiger partial charge in [-0.1, -0.05) is 13.3 Å². The second-order valence-electron chi connectivity index (χ2n) is 3.11. The summed E-state index contributed by atoms with van der Waals surface area (Å²) in [6.07, 6.45) is 6.55. The van der Waals surface area contributed by atoms with Crippen molar-refractivity contribution in [2.75, 3.05) is 6.54 Å². The number of rotatable bonds is 3. The van der Waals surface area contributed by atoms with Gasteiger partial charge in [-0.2, -0.15) is 0 Å². The summed E-state index contributed by atoms with van der Waals surface area (Å²) >= 11 is 0. The average molecular weight is 139 g/mol. The number of carbonyl (C=O) groups excluding carboxylic acids is 1. The summed E-state index contributed by atoms with van der Waals surface area (Å²) in [6.45, 7) is 2.87. The average Bonchev–Trinajstić information content (AvgIpc) is 1.87. The smallest absolute Gasteiger partial charge is 0.211 e. The van der Waals surface area contributed by atoms with E-state index in [2.05, 4.69) is 11.9 Å². The highest BCUT2D eigenvalue weighted by Crippen LogP contribution is 2.43. The van der Waals surface area contributed by atoms with Gasteiger partial charge in [-0.25, -0.2) is 9.79 Å². The van der Waals surface area contributed by atoms with Crippen LogP contribution >= 0.6 is 0 Å². The molecule has 56 valence electrons. The maximum atomic E-state index is 9.82. The van der Waals surface area contributed by atoms with Gasteiger partial charge in [-0.05, 0) is 24.7 Å². The second kappa shape index (κ2) is 2.98. The standard InChI is InChI=1S/C8H13NO/c1-2-8(4-3-5-8)6-9-7-10/h2-6H2,1H3. The van der Waals surface area contributed by atoms with Gasteiger partial charge in [0.2, 0.25) is 6.08 Å². The van der Waals surface area contributed by atoms with Crippen molar-refractivity contribution in [2.45, 2.75) is 32.6 Å². The highest BCUT2D eigenvalue weighted by atomic mass is 16.1. The van der Waals surface area contributed by atoms with E-state index in [0.717, 1.165) is 6.42 Å². The highest BCUT2D eigenvalue weighted by molar-refractivity contribution is 5.33. The molecule has 0 N–H and O–H groups in total. The van der Waals surface area contributed by atoms with E-state index < -0.39 is 0 Å². The van der Waals surface area contributed by atoms with Crippen LogP contribution in [-0.2, 0) is 4.79 Å². The molecular formula is C8H13NO. The predicted molar refractivity (Wildman–Crippen MR) is 39.6 cm³/mol. The third-order valence-electron chi connectivity index (χ3n) is 2.64. The van der Waals surface area contributed by atoms with E-state index in [4.69, 9.17) is 0 Å². The van der Waals surface area contributed by atoms with Crippen molar-refractivity contribution in [2.24, 2.45) is 10.4 Å². The van der Waals surface area contributed by atoms with Crippen LogP contribution < -0.4 is 0 Å². The minimum atomic E-state index is 0.386. The molecule has 0 spiro atoms. The molecule has 1 aliphatic carbocycles. The Labute approximate surface area is 61.3 Å². The highest BCUT2D eigenvalue weighted by Gasteiger charge is 2.34. The Bertz CT molecular complexity index is 149. The van der Waals surface area contributed by atoms with E-state index in [1.54, 1.807) is 6.08 Å². The Kier molecular flexibility index (Phi) is 2.23. The van der Waals surface area contributed by atoms with Crippen molar-refractivity contribution in [3.05, 3.63) is 0 Å². The molecule has 2 heteroatoms. The molecule has 0 amide bonds. The molecule has 0 atom stereocenters. The van der Waals surface area contributed by atoms with Gasteiger partial charge in [0, 0.05) is 0 Å². The summed E-state index contributed by atoms with van der Waals surface area (Å²) in [6, 6.07) is 0. The lowest BCUT2D eigenvalue weighted by Gasteiger charge is -2.39. The molecule has 10 heavy (non-hydrogen) atoms. The van der Waals surface area contributed by atoms with Crippen LogP contribution in [0.5, 0.6) is 0 Å². The summed E-state index contributed by atoms with van der Waals surface area (Å²) in [5.41, 5.74) is 0.386. The van der Waals surface area contributed by atoms with E-state index in [1.807, 2.05) is 0 Å². The van der Waals surface area contributed by atoms with Crippen LogP contribution in [0.1, 0.15) is 32.6 Å². The lowest BCUT2D eigenvalue weighted by atomic mass is 9.67. The third-order valence-corrected chi connectivity index (χ3v) is 2.64. The third kappa shape index (κ3) is 1.27. The maximum absolute atomic E-state index is 9.82. The van der Waals surface area contributed by atoms with Gasteiger partial charge >= 0.3 is 0 Å². The Morgan fingerprint density at radius 3 is 2.60 bits per heavy atom. The molecule has 0 bridgehead atoms. The summed E-state index contributed by atoms with van der Waals surface area (Å²) in [4.78, 5) is 13.4. The van der Waals surface area contributed by atoms with Crippen LogP contribution in [0.15, 0.2) is 4.99 Å². The Balaban J connectivity index is 2.40. The summed E-state index contributed by atoms with van der Waals surface area (Å²) in [5, 5.41) is 0. The monoisotopic (exact) mass is 139 g/mol. The molecule has 0 aliphatic heterocycles. The number of isocyanates is 1. The van der Waals surface area contributed by atoms with Crippen molar-refractivity contribution < 1.29 is 4.79 Å². The molecule has 1 fully saturated rings. The van der Waals surface area contributed by atoms with E-state index >= 15 is 0 Å². The van der Waals surface area contributed by atoms with Gasteiger partial charge in [0.05, 0.1) is 6.54 Å². The quantitative estimate of drug-likeness (QED) is 0.433. The summed E-state index contributed by atoms with van der Waals surface area (Å²) in [7, 11) is 0. The Morgan fingerprint density at radius 1 is 1.60 bits per heavy atom. The van der Waals surface area contributed by atoms with Gasteiger partial charge in [-0.3, -0.25) is 0 Å². The first-order valence-corrected chi connectivity index (χ1v) is 3.87. The summed E-state index contributed by atoms with van der Waals surface area (Å²) < 4.78 is 0. The predicted octanol–water partition coefficient (Wildman–Crippen LogP) is 1.90. The fourth-order valence-corrected chi connectivity index (χ4v) is 1.50. The number of hydrogen-bond donors (Lipinski definition) is 0. The largest absolute Gasteiger partial charge is 0.234 e.